The molecule has 0 radical (unpaired) electrons. The normalized spacial score (nSPS) is 11.9. The summed E-state index contributed by atoms with van der Waals surface area (Å²) < 4.78 is 70.1. The van der Waals surface area contributed by atoms with E-state index in [9.17, 15) is 25.9 Å². The molecule has 0 N–H and O–H groups in total. The van der Waals surface area contributed by atoms with Gasteiger partial charge in [0.1, 0.15) is 20.2 Å². The molecular formula is C92H158BaO6S2. The zero-order valence-electron chi connectivity index (χ0n) is 66.8. The van der Waals surface area contributed by atoms with Gasteiger partial charge in [-0.2, -0.15) is 0 Å². The van der Waals surface area contributed by atoms with Gasteiger partial charge in [-0.3, -0.25) is 0 Å². The van der Waals surface area contributed by atoms with Crippen LogP contribution in [0.4, 0.5) is 0 Å². The Kier molecular flexibility index (Phi) is 63.5. The Morgan fingerprint density at radius 2 is 0.337 bits per heavy atom. The summed E-state index contributed by atoms with van der Waals surface area (Å²) in [4.78, 5) is -0.243. The minimum Gasteiger partial charge on any atom is -0.744 e. The fraction of sp³-hybridized carbons (Fsp3) is 0.783. The minimum absolute atomic E-state index is 0. The van der Waals surface area contributed by atoms with Crippen molar-refractivity contribution >= 4 is 90.7 Å². The van der Waals surface area contributed by atoms with Crippen molar-refractivity contribution in [3.05, 3.63) is 82.9 Å². The van der Waals surface area contributed by atoms with Crippen LogP contribution in [-0.2, 0) is 45.9 Å². The molecular weight excluding hydrogens is 1400 g/mol. The summed E-state index contributed by atoms with van der Waals surface area (Å²) in [6.45, 7) is 9.16. The third-order valence-electron chi connectivity index (χ3n) is 22.0. The molecule has 0 heterocycles. The van der Waals surface area contributed by atoms with Gasteiger partial charge in [0.05, 0.1) is 9.79 Å². The van der Waals surface area contributed by atoms with Crippen LogP contribution in [0.25, 0.3) is 21.5 Å². The van der Waals surface area contributed by atoms with E-state index in [1.165, 1.54) is 445 Å². The van der Waals surface area contributed by atoms with Crippen molar-refractivity contribution in [2.45, 2.75) is 474 Å². The molecule has 0 unspecified atom stereocenters. The molecule has 0 aliphatic rings. The Hall–Kier alpha value is -1.21. The van der Waals surface area contributed by atoms with Crippen LogP contribution in [0.3, 0.4) is 0 Å². The van der Waals surface area contributed by atoms with Gasteiger partial charge in [-0.1, -0.05) is 449 Å². The summed E-state index contributed by atoms with van der Waals surface area (Å²) in [6.07, 6.45) is 92.4. The first-order valence-corrected chi connectivity index (χ1v) is 46.8. The number of hydrogen-bond acceptors (Lipinski definition) is 6. The van der Waals surface area contributed by atoms with Crippen LogP contribution < -0.4 is 0 Å². The van der Waals surface area contributed by atoms with Gasteiger partial charge in [-0.05, 0) is 119 Å². The van der Waals surface area contributed by atoms with E-state index in [1.54, 1.807) is 12.1 Å². The molecule has 4 rings (SSSR count). The van der Waals surface area contributed by atoms with E-state index in [4.69, 9.17) is 0 Å². The quantitative estimate of drug-likeness (QED) is 0.0247. The van der Waals surface area contributed by atoms with Gasteiger partial charge in [0, 0.05) is 0 Å². The largest absolute Gasteiger partial charge is 2.00 e. The van der Waals surface area contributed by atoms with E-state index in [2.05, 4.69) is 52.0 Å². The monoisotopic (exact) mass is 1560 g/mol. The maximum absolute atomic E-state index is 11.7. The summed E-state index contributed by atoms with van der Waals surface area (Å²) in [5.74, 6) is 0. The molecule has 0 amide bonds. The summed E-state index contributed by atoms with van der Waals surface area (Å²) in [7, 11) is -8.90. The van der Waals surface area contributed by atoms with E-state index in [0.717, 1.165) is 47.2 Å². The molecule has 576 valence electrons. The molecule has 0 aliphatic heterocycles. The molecule has 0 saturated heterocycles. The van der Waals surface area contributed by atoms with E-state index in [-0.39, 0.29) is 58.7 Å². The Balaban J connectivity index is 0.000000680. The third kappa shape index (κ3) is 52.5. The summed E-state index contributed by atoms with van der Waals surface area (Å²) in [5, 5.41) is 3.84. The smallest absolute Gasteiger partial charge is 0.744 e. The Bertz CT molecular complexity index is 2570. The standard InChI is InChI=1S/2C46H80O3S.Ba/c2*1-3-5-7-9-11-13-15-17-19-21-23-25-27-29-31-33-35-42-39-44-37-38-46(50(47,48)49)41-45(44)40-43(42)36-34-32-30-28-26-24-22-20-18-16-14-12-10-8-6-4-2;/h2*37-41H,3-36H2,1-2H3,(H,47,48,49);/q;;+2/p-2. The van der Waals surface area contributed by atoms with E-state index in [0.29, 0.717) is 0 Å². The maximum atomic E-state index is 11.7. The fourth-order valence-electron chi connectivity index (χ4n) is 15.4. The summed E-state index contributed by atoms with van der Waals surface area (Å²) in [5.41, 5.74) is 5.54. The zero-order valence-corrected chi connectivity index (χ0v) is 72.9. The second kappa shape index (κ2) is 67.0. The van der Waals surface area contributed by atoms with Crippen LogP contribution in [0, 0.1) is 0 Å². The SMILES string of the molecule is CCCCCCCCCCCCCCCCCCc1cc2ccc(S(=O)(=O)[O-])cc2cc1CCCCCCCCCCCCCCCCCC.CCCCCCCCCCCCCCCCCCc1cc2ccc(S(=O)(=O)[O-])cc2cc1CCCCCCCCCCCCCCCCCC.[Ba+2]. The average molecular weight is 1560 g/mol. The number of unbranched alkanes of at least 4 members (excludes halogenated alkanes) is 60. The average Bonchev–Trinajstić information content (AvgIpc) is 0.805. The van der Waals surface area contributed by atoms with Crippen LogP contribution in [0.1, 0.15) is 461 Å². The third-order valence-corrected chi connectivity index (χ3v) is 23.7. The number of fused-ring (bicyclic) bond motifs is 2. The van der Waals surface area contributed by atoms with Gasteiger partial charge < -0.3 is 9.11 Å². The molecule has 0 fully saturated rings. The van der Waals surface area contributed by atoms with Gasteiger partial charge in [-0.15, -0.1) is 0 Å². The first kappa shape index (κ1) is 95.9. The Morgan fingerprint density at radius 3 is 0.485 bits per heavy atom. The van der Waals surface area contributed by atoms with Gasteiger partial charge >= 0.3 is 48.9 Å². The minimum atomic E-state index is -4.45. The molecule has 0 spiro atoms. The topological polar surface area (TPSA) is 114 Å². The first-order chi connectivity index (χ1) is 48.9. The second-order valence-electron chi connectivity index (χ2n) is 31.4. The first-order valence-electron chi connectivity index (χ1n) is 43.9. The number of benzene rings is 4. The van der Waals surface area contributed by atoms with Crippen molar-refractivity contribution in [3.63, 3.8) is 0 Å². The molecule has 6 nitrogen and oxygen atoms in total. The Morgan fingerprint density at radius 1 is 0.198 bits per heavy atom. The maximum Gasteiger partial charge on any atom is 2.00 e. The van der Waals surface area contributed by atoms with E-state index >= 15 is 0 Å². The molecule has 0 atom stereocenters. The molecule has 0 bridgehead atoms. The number of aryl methyl sites for hydroxylation is 4. The summed E-state index contributed by atoms with van der Waals surface area (Å²) >= 11 is 0. The number of rotatable bonds is 70. The number of hydrogen-bond donors (Lipinski definition) is 0. The second-order valence-corrected chi connectivity index (χ2v) is 34.1. The molecule has 0 aliphatic carbocycles. The van der Waals surface area contributed by atoms with Crippen molar-refractivity contribution in [1.29, 1.82) is 0 Å². The predicted octanol–water partition coefficient (Wildman–Crippen LogP) is 30.3. The Labute approximate surface area is 667 Å². The molecule has 0 aromatic heterocycles. The van der Waals surface area contributed by atoms with Crippen LogP contribution >= 0.6 is 0 Å². The van der Waals surface area contributed by atoms with Crippen molar-refractivity contribution in [2.24, 2.45) is 0 Å². The molecule has 0 saturated carbocycles. The van der Waals surface area contributed by atoms with Crippen LogP contribution in [-0.4, -0.2) is 74.8 Å². The fourth-order valence-corrected chi connectivity index (χ4v) is 16.4. The van der Waals surface area contributed by atoms with Gasteiger partial charge in [0.2, 0.25) is 0 Å². The molecule has 4 aromatic carbocycles. The predicted molar refractivity (Wildman–Crippen MR) is 443 cm³/mol. The van der Waals surface area contributed by atoms with Crippen LogP contribution in [0.2, 0.25) is 0 Å². The van der Waals surface area contributed by atoms with Gasteiger partial charge in [0.15, 0.2) is 0 Å². The molecule has 9 heteroatoms. The van der Waals surface area contributed by atoms with Crippen molar-refractivity contribution in [3.8, 4) is 0 Å². The van der Waals surface area contributed by atoms with Crippen molar-refractivity contribution < 1.29 is 25.9 Å². The van der Waals surface area contributed by atoms with Crippen LogP contribution in [0.5, 0.6) is 0 Å². The molecule has 101 heavy (non-hydrogen) atoms. The van der Waals surface area contributed by atoms with E-state index in [1.807, 2.05) is 12.1 Å². The van der Waals surface area contributed by atoms with Crippen LogP contribution in [0.15, 0.2) is 70.5 Å². The van der Waals surface area contributed by atoms with Gasteiger partial charge in [0.25, 0.3) is 0 Å². The van der Waals surface area contributed by atoms with Crippen molar-refractivity contribution in [1.82, 2.24) is 0 Å². The molecule has 4 aromatic rings. The van der Waals surface area contributed by atoms with E-state index < -0.39 is 20.2 Å². The summed E-state index contributed by atoms with van der Waals surface area (Å²) in [6, 6.07) is 18.6. The zero-order chi connectivity index (χ0) is 71.9. The van der Waals surface area contributed by atoms with Crippen molar-refractivity contribution in [2.75, 3.05) is 0 Å². The van der Waals surface area contributed by atoms with Gasteiger partial charge in [-0.25, -0.2) is 16.8 Å².